The van der Waals surface area contributed by atoms with Crippen LogP contribution in [0.1, 0.15) is 5.56 Å². The second-order valence-corrected chi connectivity index (χ2v) is 5.00. The minimum Gasteiger partial charge on any atom is -0.373 e. The number of nitrogens with two attached hydrogens (primary N) is 1. The van der Waals surface area contributed by atoms with Gasteiger partial charge in [-0.2, -0.15) is 0 Å². The van der Waals surface area contributed by atoms with Crippen LogP contribution in [0.4, 0.5) is 5.82 Å². The van der Waals surface area contributed by atoms with Crippen molar-refractivity contribution in [1.82, 2.24) is 4.98 Å². The van der Waals surface area contributed by atoms with E-state index < -0.39 is 0 Å². The molecule has 0 amide bonds. The van der Waals surface area contributed by atoms with E-state index in [1.165, 1.54) is 10.9 Å². The quantitative estimate of drug-likeness (QED) is 0.890. The largest absolute Gasteiger partial charge is 0.373 e. The van der Waals surface area contributed by atoms with Crippen LogP contribution < -0.4 is 10.6 Å². The smallest absolute Gasteiger partial charge is 0.132 e. The lowest BCUT2D eigenvalue weighted by Crippen LogP contribution is -2.46. The van der Waals surface area contributed by atoms with Crippen LogP contribution in [0.3, 0.4) is 0 Å². The maximum atomic E-state index is 5.70. The van der Waals surface area contributed by atoms with Gasteiger partial charge in [0.1, 0.15) is 5.82 Å². The molecule has 1 aliphatic rings. The molecule has 0 aliphatic carbocycles. The Balaban J connectivity index is 1.97. The van der Waals surface area contributed by atoms with Gasteiger partial charge in [0.15, 0.2) is 0 Å². The number of anilines is 1. The average molecular weight is 257 g/mol. The summed E-state index contributed by atoms with van der Waals surface area (Å²) in [6.07, 6.45) is 0.112. The van der Waals surface area contributed by atoms with Crippen LogP contribution in [-0.2, 0) is 4.74 Å². The number of morpholine rings is 1. The van der Waals surface area contributed by atoms with Crippen molar-refractivity contribution in [3.05, 3.63) is 35.9 Å². The van der Waals surface area contributed by atoms with Gasteiger partial charge in [-0.1, -0.05) is 18.2 Å². The molecule has 1 unspecified atom stereocenters. The van der Waals surface area contributed by atoms with Crippen molar-refractivity contribution < 1.29 is 4.74 Å². The highest BCUT2D eigenvalue weighted by Gasteiger charge is 2.21. The maximum Gasteiger partial charge on any atom is 0.132 e. The SMILES string of the molecule is Cc1cc2ccccc2nc1N1CCOC(CN)C1. The van der Waals surface area contributed by atoms with Crippen molar-refractivity contribution in [3.8, 4) is 0 Å². The molecular weight excluding hydrogens is 238 g/mol. The Hall–Kier alpha value is -1.65. The molecule has 3 rings (SSSR count). The van der Waals surface area contributed by atoms with Gasteiger partial charge in [-0.3, -0.25) is 0 Å². The molecule has 0 bridgehead atoms. The molecule has 4 heteroatoms. The van der Waals surface area contributed by atoms with Crippen LogP contribution in [0.2, 0.25) is 0 Å². The fraction of sp³-hybridized carbons (Fsp3) is 0.400. The van der Waals surface area contributed by atoms with Crippen molar-refractivity contribution in [1.29, 1.82) is 0 Å². The Morgan fingerprint density at radius 2 is 2.26 bits per heavy atom. The van der Waals surface area contributed by atoms with E-state index in [9.17, 15) is 0 Å². The van der Waals surface area contributed by atoms with Crippen molar-refractivity contribution in [2.75, 3.05) is 31.1 Å². The molecule has 4 nitrogen and oxygen atoms in total. The number of para-hydroxylation sites is 1. The molecule has 1 aromatic heterocycles. The first-order chi connectivity index (χ1) is 9.28. The molecule has 0 spiro atoms. The Kier molecular flexibility index (Phi) is 3.36. The number of hydrogen-bond acceptors (Lipinski definition) is 4. The molecule has 2 aromatic rings. The van der Waals surface area contributed by atoms with Gasteiger partial charge >= 0.3 is 0 Å². The Bertz CT molecular complexity index is 585. The Labute approximate surface area is 113 Å². The van der Waals surface area contributed by atoms with Gasteiger partial charge in [0, 0.05) is 25.0 Å². The maximum absolute atomic E-state index is 5.70. The predicted octanol–water partition coefficient (Wildman–Crippen LogP) is 1.71. The molecule has 1 aliphatic heterocycles. The predicted molar refractivity (Wildman–Crippen MR) is 77.5 cm³/mol. The van der Waals surface area contributed by atoms with Crippen molar-refractivity contribution in [3.63, 3.8) is 0 Å². The van der Waals surface area contributed by atoms with E-state index in [4.69, 9.17) is 15.5 Å². The molecule has 1 aromatic carbocycles. The number of benzene rings is 1. The van der Waals surface area contributed by atoms with E-state index in [1.54, 1.807) is 0 Å². The van der Waals surface area contributed by atoms with E-state index in [2.05, 4.69) is 30.0 Å². The van der Waals surface area contributed by atoms with E-state index in [1.807, 2.05) is 12.1 Å². The van der Waals surface area contributed by atoms with Crippen LogP contribution >= 0.6 is 0 Å². The van der Waals surface area contributed by atoms with E-state index in [-0.39, 0.29) is 6.10 Å². The minimum absolute atomic E-state index is 0.112. The number of rotatable bonds is 2. The van der Waals surface area contributed by atoms with Crippen molar-refractivity contribution in [2.24, 2.45) is 5.73 Å². The number of hydrogen-bond donors (Lipinski definition) is 1. The molecule has 19 heavy (non-hydrogen) atoms. The summed E-state index contributed by atoms with van der Waals surface area (Å²) in [5.74, 6) is 1.06. The van der Waals surface area contributed by atoms with Gasteiger partial charge in [-0.25, -0.2) is 4.98 Å². The topological polar surface area (TPSA) is 51.4 Å². The number of aryl methyl sites for hydroxylation is 1. The normalized spacial score (nSPS) is 19.9. The van der Waals surface area contributed by atoms with Gasteiger partial charge in [0.25, 0.3) is 0 Å². The van der Waals surface area contributed by atoms with E-state index >= 15 is 0 Å². The lowest BCUT2D eigenvalue weighted by molar-refractivity contribution is 0.0463. The summed E-state index contributed by atoms with van der Waals surface area (Å²) in [6, 6.07) is 10.4. The van der Waals surface area contributed by atoms with E-state index in [0.29, 0.717) is 6.54 Å². The molecule has 2 heterocycles. The monoisotopic (exact) mass is 257 g/mol. The third-order valence-corrected chi connectivity index (χ3v) is 3.59. The van der Waals surface area contributed by atoms with Crippen molar-refractivity contribution >= 4 is 16.7 Å². The fourth-order valence-corrected chi connectivity index (χ4v) is 2.59. The van der Waals surface area contributed by atoms with Gasteiger partial charge in [0.05, 0.1) is 18.2 Å². The van der Waals surface area contributed by atoms with Crippen LogP contribution in [0.15, 0.2) is 30.3 Å². The summed E-state index contributed by atoms with van der Waals surface area (Å²) in [5.41, 5.74) is 7.95. The zero-order chi connectivity index (χ0) is 13.2. The zero-order valence-electron chi connectivity index (χ0n) is 11.2. The first-order valence-electron chi connectivity index (χ1n) is 6.71. The second-order valence-electron chi connectivity index (χ2n) is 5.00. The first kappa shape index (κ1) is 12.4. The molecule has 0 radical (unpaired) electrons. The summed E-state index contributed by atoms with van der Waals surface area (Å²) in [5, 5.41) is 1.19. The van der Waals surface area contributed by atoms with Crippen LogP contribution in [0.5, 0.6) is 0 Å². The number of ether oxygens (including phenoxy) is 1. The van der Waals surface area contributed by atoms with Crippen LogP contribution in [0, 0.1) is 6.92 Å². The molecule has 0 saturated carbocycles. The van der Waals surface area contributed by atoms with Crippen LogP contribution in [0.25, 0.3) is 10.9 Å². The first-order valence-corrected chi connectivity index (χ1v) is 6.71. The highest BCUT2D eigenvalue weighted by atomic mass is 16.5. The highest BCUT2D eigenvalue weighted by Crippen LogP contribution is 2.24. The van der Waals surface area contributed by atoms with Crippen molar-refractivity contribution in [2.45, 2.75) is 13.0 Å². The zero-order valence-corrected chi connectivity index (χ0v) is 11.2. The summed E-state index contributed by atoms with van der Waals surface area (Å²) in [7, 11) is 0. The Morgan fingerprint density at radius 1 is 1.42 bits per heavy atom. The second kappa shape index (κ2) is 5.15. The fourth-order valence-electron chi connectivity index (χ4n) is 2.59. The third-order valence-electron chi connectivity index (χ3n) is 3.59. The lowest BCUT2D eigenvalue weighted by atomic mass is 10.1. The lowest BCUT2D eigenvalue weighted by Gasteiger charge is -2.34. The van der Waals surface area contributed by atoms with Gasteiger partial charge in [0.2, 0.25) is 0 Å². The molecule has 100 valence electrons. The molecular formula is C15H19N3O. The highest BCUT2D eigenvalue weighted by molar-refractivity contribution is 5.81. The standard InChI is InChI=1S/C15H19N3O/c1-11-8-12-4-2-3-5-14(12)17-15(11)18-6-7-19-13(9-16)10-18/h2-5,8,13H,6-7,9-10,16H2,1H3. The van der Waals surface area contributed by atoms with Gasteiger partial charge < -0.3 is 15.4 Å². The summed E-state index contributed by atoms with van der Waals surface area (Å²) in [6.45, 7) is 5.09. The molecule has 2 N–H and O–H groups in total. The average Bonchev–Trinajstić information content (AvgIpc) is 2.46. The minimum atomic E-state index is 0.112. The summed E-state index contributed by atoms with van der Waals surface area (Å²) < 4.78 is 5.61. The number of nitrogens with zero attached hydrogens (tertiary/aromatic N) is 2. The number of aromatic nitrogens is 1. The van der Waals surface area contributed by atoms with Crippen LogP contribution in [-0.4, -0.2) is 37.3 Å². The Morgan fingerprint density at radius 3 is 3.11 bits per heavy atom. The molecule has 1 atom stereocenters. The summed E-state index contributed by atoms with van der Waals surface area (Å²) >= 11 is 0. The molecule has 1 fully saturated rings. The number of pyridine rings is 1. The third kappa shape index (κ3) is 2.41. The summed E-state index contributed by atoms with van der Waals surface area (Å²) in [4.78, 5) is 7.08. The van der Waals surface area contributed by atoms with E-state index in [0.717, 1.165) is 31.0 Å². The molecule has 1 saturated heterocycles. The van der Waals surface area contributed by atoms with Gasteiger partial charge in [-0.05, 0) is 24.6 Å². The number of fused-ring (bicyclic) bond motifs is 1. The van der Waals surface area contributed by atoms with Gasteiger partial charge in [-0.15, -0.1) is 0 Å².